The summed E-state index contributed by atoms with van der Waals surface area (Å²) < 4.78 is 10.5. The monoisotopic (exact) mass is 279 g/mol. The number of nitrogens with one attached hydrogen (secondary N) is 1. The molecule has 0 spiro atoms. The molecule has 1 atom stereocenters. The molecule has 0 saturated heterocycles. The predicted octanol–water partition coefficient (Wildman–Crippen LogP) is 4.23. The van der Waals surface area contributed by atoms with Gasteiger partial charge >= 0.3 is 0 Å². The van der Waals surface area contributed by atoms with Crippen molar-refractivity contribution in [1.82, 2.24) is 0 Å². The van der Waals surface area contributed by atoms with Gasteiger partial charge in [-0.25, -0.2) is 0 Å². The largest absolute Gasteiger partial charge is 0.383 e. The maximum absolute atomic E-state index is 5.55. The number of ether oxygens (including phenoxy) is 2. The van der Waals surface area contributed by atoms with E-state index in [9.17, 15) is 0 Å². The molecule has 0 aromatic heterocycles. The van der Waals surface area contributed by atoms with E-state index in [1.807, 2.05) is 0 Å². The molecule has 1 aromatic rings. The van der Waals surface area contributed by atoms with Crippen LogP contribution in [-0.2, 0) is 16.1 Å². The van der Waals surface area contributed by atoms with Crippen molar-refractivity contribution < 1.29 is 9.47 Å². The second-order valence-corrected chi connectivity index (χ2v) is 5.29. The minimum absolute atomic E-state index is 0.520. The third-order valence-electron chi connectivity index (χ3n) is 3.28. The zero-order chi connectivity index (χ0) is 14.6. The summed E-state index contributed by atoms with van der Waals surface area (Å²) in [6.45, 7) is 6.42. The highest BCUT2D eigenvalue weighted by molar-refractivity contribution is 5.46. The quantitative estimate of drug-likeness (QED) is 0.615. The summed E-state index contributed by atoms with van der Waals surface area (Å²) in [5, 5.41) is 3.56. The summed E-state index contributed by atoms with van der Waals surface area (Å²) in [6.07, 6.45) is 5.12. The molecule has 0 bridgehead atoms. The van der Waals surface area contributed by atoms with E-state index in [1.54, 1.807) is 7.11 Å². The topological polar surface area (TPSA) is 30.5 Å². The van der Waals surface area contributed by atoms with E-state index in [1.165, 1.54) is 36.9 Å². The smallest absolute Gasteiger partial charge is 0.0718 e. The second-order valence-electron chi connectivity index (χ2n) is 5.29. The van der Waals surface area contributed by atoms with Crippen molar-refractivity contribution in [1.29, 1.82) is 0 Å². The van der Waals surface area contributed by atoms with Crippen molar-refractivity contribution in [2.75, 3.05) is 25.6 Å². The number of hydrogen-bond acceptors (Lipinski definition) is 3. The van der Waals surface area contributed by atoms with E-state index in [4.69, 9.17) is 9.47 Å². The fourth-order valence-corrected chi connectivity index (χ4v) is 2.14. The van der Waals surface area contributed by atoms with Crippen LogP contribution in [0.4, 0.5) is 5.69 Å². The number of benzene rings is 1. The lowest BCUT2D eigenvalue weighted by Crippen LogP contribution is -2.15. The molecule has 0 saturated carbocycles. The molecule has 0 fully saturated rings. The van der Waals surface area contributed by atoms with Gasteiger partial charge in [0.15, 0.2) is 0 Å². The second kappa shape index (κ2) is 10.7. The first-order valence-electron chi connectivity index (χ1n) is 7.68. The summed E-state index contributed by atoms with van der Waals surface area (Å²) in [7, 11) is 1.69. The van der Waals surface area contributed by atoms with Gasteiger partial charge in [-0.2, -0.15) is 0 Å². The minimum Gasteiger partial charge on any atom is -0.383 e. The first kappa shape index (κ1) is 17.0. The Balaban J connectivity index is 2.34. The average molecular weight is 279 g/mol. The molecule has 0 heterocycles. The first-order valence-corrected chi connectivity index (χ1v) is 7.68. The minimum atomic E-state index is 0.520. The molecule has 0 radical (unpaired) electrons. The Labute approximate surface area is 123 Å². The predicted molar refractivity (Wildman–Crippen MR) is 85.2 cm³/mol. The highest BCUT2D eigenvalue weighted by atomic mass is 16.5. The van der Waals surface area contributed by atoms with E-state index in [2.05, 4.69) is 43.4 Å². The molecule has 0 aliphatic carbocycles. The van der Waals surface area contributed by atoms with Crippen LogP contribution in [0.2, 0.25) is 0 Å². The van der Waals surface area contributed by atoms with Gasteiger partial charge in [0.25, 0.3) is 0 Å². The van der Waals surface area contributed by atoms with Crippen LogP contribution in [0.1, 0.15) is 45.1 Å². The van der Waals surface area contributed by atoms with Gasteiger partial charge in [-0.15, -0.1) is 0 Å². The number of hydrogen-bond donors (Lipinski definition) is 1. The molecule has 0 aliphatic rings. The van der Waals surface area contributed by atoms with Crippen LogP contribution in [0.15, 0.2) is 24.3 Å². The van der Waals surface area contributed by atoms with Crippen LogP contribution in [0, 0.1) is 0 Å². The van der Waals surface area contributed by atoms with Crippen LogP contribution < -0.4 is 5.32 Å². The summed E-state index contributed by atoms with van der Waals surface area (Å²) in [4.78, 5) is 0. The third-order valence-corrected chi connectivity index (χ3v) is 3.28. The summed E-state index contributed by atoms with van der Waals surface area (Å²) >= 11 is 0. The van der Waals surface area contributed by atoms with E-state index < -0.39 is 0 Å². The molecule has 3 nitrogen and oxygen atoms in total. The number of rotatable bonds is 11. The average Bonchev–Trinajstić information content (AvgIpc) is 2.44. The van der Waals surface area contributed by atoms with Crippen molar-refractivity contribution in [3.8, 4) is 0 Å². The number of unbranched alkanes of at least 4 members (excludes halogenated alkanes) is 2. The lowest BCUT2D eigenvalue weighted by atomic mass is 10.1. The molecule has 3 heteroatoms. The fraction of sp³-hybridized carbons (Fsp3) is 0.647. The van der Waals surface area contributed by atoms with Crippen molar-refractivity contribution in [2.24, 2.45) is 0 Å². The normalized spacial score (nSPS) is 12.3. The van der Waals surface area contributed by atoms with E-state index >= 15 is 0 Å². The standard InChI is InChI=1S/C17H29NO2/c1-4-5-6-8-15(2)18-17-10-7-9-16(13-17)14-20-12-11-19-3/h7,9-10,13,15,18H,4-6,8,11-12,14H2,1-3H3. The molecule has 1 unspecified atom stereocenters. The highest BCUT2D eigenvalue weighted by Crippen LogP contribution is 2.15. The lowest BCUT2D eigenvalue weighted by Gasteiger charge is -2.16. The molecule has 1 aromatic carbocycles. The molecule has 20 heavy (non-hydrogen) atoms. The Bertz CT molecular complexity index is 355. The molecule has 1 rings (SSSR count). The molecule has 0 amide bonds. The van der Waals surface area contributed by atoms with Gasteiger partial charge < -0.3 is 14.8 Å². The first-order chi connectivity index (χ1) is 9.76. The number of methoxy groups -OCH3 is 1. The van der Waals surface area contributed by atoms with Crippen LogP contribution in [-0.4, -0.2) is 26.4 Å². The van der Waals surface area contributed by atoms with Crippen molar-refractivity contribution in [2.45, 2.75) is 52.2 Å². The van der Waals surface area contributed by atoms with E-state index in [-0.39, 0.29) is 0 Å². The maximum Gasteiger partial charge on any atom is 0.0718 e. The molecule has 114 valence electrons. The van der Waals surface area contributed by atoms with Gasteiger partial charge in [0.1, 0.15) is 0 Å². The number of anilines is 1. The molecule has 0 aliphatic heterocycles. The van der Waals surface area contributed by atoms with Gasteiger partial charge in [0.05, 0.1) is 19.8 Å². The third kappa shape index (κ3) is 7.51. The van der Waals surface area contributed by atoms with Crippen LogP contribution in [0.5, 0.6) is 0 Å². The fourth-order valence-electron chi connectivity index (χ4n) is 2.14. The Morgan fingerprint density at radius 2 is 2.05 bits per heavy atom. The Morgan fingerprint density at radius 1 is 1.20 bits per heavy atom. The maximum atomic E-state index is 5.55. The Hall–Kier alpha value is -1.06. The van der Waals surface area contributed by atoms with Crippen molar-refractivity contribution in [3.05, 3.63) is 29.8 Å². The van der Waals surface area contributed by atoms with Crippen LogP contribution >= 0.6 is 0 Å². The van der Waals surface area contributed by atoms with Crippen LogP contribution in [0.25, 0.3) is 0 Å². The summed E-state index contributed by atoms with van der Waals surface area (Å²) in [5.74, 6) is 0. The molecule has 1 N–H and O–H groups in total. The van der Waals surface area contributed by atoms with E-state index in [0.29, 0.717) is 25.9 Å². The van der Waals surface area contributed by atoms with Gasteiger partial charge in [-0.3, -0.25) is 0 Å². The molecular weight excluding hydrogens is 250 g/mol. The lowest BCUT2D eigenvalue weighted by molar-refractivity contribution is 0.0617. The van der Waals surface area contributed by atoms with Gasteiger partial charge in [0, 0.05) is 18.8 Å². The summed E-state index contributed by atoms with van der Waals surface area (Å²) in [6, 6.07) is 8.99. The van der Waals surface area contributed by atoms with Crippen molar-refractivity contribution in [3.63, 3.8) is 0 Å². The zero-order valence-corrected chi connectivity index (χ0v) is 13.2. The Morgan fingerprint density at radius 3 is 2.80 bits per heavy atom. The summed E-state index contributed by atoms with van der Waals surface area (Å²) in [5.41, 5.74) is 2.38. The van der Waals surface area contributed by atoms with E-state index in [0.717, 1.165) is 0 Å². The Kier molecular flexibility index (Phi) is 9.09. The van der Waals surface area contributed by atoms with Crippen molar-refractivity contribution >= 4 is 5.69 Å². The van der Waals surface area contributed by atoms with Gasteiger partial charge in [-0.1, -0.05) is 38.3 Å². The van der Waals surface area contributed by atoms with Crippen LogP contribution in [0.3, 0.4) is 0 Å². The molecular formula is C17H29NO2. The van der Waals surface area contributed by atoms with Gasteiger partial charge in [0.2, 0.25) is 0 Å². The SMILES string of the molecule is CCCCCC(C)Nc1cccc(COCCOC)c1. The highest BCUT2D eigenvalue weighted by Gasteiger charge is 2.02. The van der Waals surface area contributed by atoms with Gasteiger partial charge in [-0.05, 0) is 31.0 Å². The zero-order valence-electron chi connectivity index (χ0n) is 13.2.